The molecule has 3 heteroatoms. The molecule has 112 valence electrons. The first-order valence-corrected chi connectivity index (χ1v) is 8.04. The van der Waals surface area contributed by atoms with Crippen LogP contribution in [-0.2, 0) is 13.0 Å². The highest BCUT2D eigenvalue weighted by Gasteiger charge is 2.16. The fraction of sp³-hybridized carbons (Fsp3) is 0.706. The van der Waals surface area contributed by atoms with Gasteiger partial charge in [-0.25, -0.2) is 4.98 Å². The molecule has 0 saturated heterocycles. The molecular formula is C17H28N2O. The third kappa shape index (κ3) is 4.20. The van der Waals surface area contributed by atoms with Gasteiger partial charge in [-0.2, -0.15) is 0 Å². The molecule has 0 aliphatic heterocycles. The van der Waals surface area contributed by atoms with E-state index in [1.165, 1.54) is 32.1 Å². The number of hydrogen-bond donors (Lipinski definition) is 1. The van der Waals surface area contributed by atoms with Crippen molar-refractivity contribution in [3.05, 3.63) is 23.4 Å². The lowest BCUT2D eigenvalue weighted by molar-refractivity contribution is 0.281. The van der Waals surface area contributed by atoms with Crippen molar-refractivity contribution < 1.29 is 5.11 Å². The zero-order valence-corrected chi connectivity index (χ0v) is 12.9. The van der Waals surface area contributed by atoms with Gasteiger partial charge in [-0.1, -0.05) is 32.6 Å². The van der Waals surface area contributed by atoms with Crippen molar-refractivity contribution in [3.63, 3.8) is 0 Å². The van der Waals surface area contributed by atoms with Gasteiger partial charge < -0.3 is 10.0 Å². The normalized spacial score (nSPS) is 16.4. The van der Waals surface area contributed by atoms with Gasteiger partial charge in [0, 0.05) is 19.3 Å². The van der Waals surface area contributed by atoms with Crippen LogP contribution in [0.25, 0.3) is 0 Å². The molecular weight excluding hydrogens is 248 g/mol. The monoisotopic (exact) mass is 276 g/mol. The van der Waals surface area contributed by atoms with Crippen LogP contribution in [0.2, 0.25) is 0 Å². The van der Waals surface area contributed by atoms with E-state index in [9.17, 15) is 5.11 Å². The van der Waals surface area contributed by atoms with Gasteiger partial charge >= 0.3 is 0 Å². The van der Waals surface area contributed by atoms with Crippen LogP contribution in [0.15, 0.2) is 12.1 Å². The Labute approximate surface area is 123 Å². The SMILES string of the molecule is CCCc1cc(CO)cc(N(C)CC2CCCCC2)n1. The zero-order chi connectivity index (χ0) is 14.4. The van der Waals surface area contributed by atoms with Crippen LogP contribution >= 0.6 is 0 Å². The van der Waals surface area contributed by atoms with Crippen molar-refractivity contribution in [1.82, 2.24) is 4.98 Å². The summed E-state index contributed by atoms with van der Waals surface area (Å²) in [4.78, 5) is 7.02. The average Bonchev–Trinajstić information content (AvgIpc) is 2.48. The molecule has 1 saturated carbocycles. The molecule has 2 rings (SSSR count). The van der Waals surface area contributed by atoms with Crippen LogP contribution in [0.5, 0.6) is 0 Å². The molecule has 1 heterocycles. The Kier molecular flexibility index (Phi) is 5.84. The minimum atomic E-state index is 0.101. The minimum Gasteiger partial charge on any atom is -0.392 e. The second-order valence-electron chi connectivity index (χ2n) is 6.12. The zero-order valence-electron chi connectivity index (χ0n) is 12.9. The van der Waals surface area contributed by atoms with E-state index in [4.69, 9.17) is 4.98 Å². The molecule has 1 N–H and O–H groups in total. The van der Waals surface area contributed by atoms with Crippen molar-refractivity contribution in [2.75, 3.05) is 18.5 Å². The molecule has 1 aromatic heterocycles. The summed E-state index contributed by atoms with van der Waals surface area (Å²) in [6, 6.07) is 4.06. The number of hydrogen-bond acceptors (Lipinski definition) is 3. The summed E-state index contributed by atoms with van der Waals surface area (Å²) in [6.45, 7) is 3.36. The van der Waals surface area contributed by atoms with E-state index in [1.807, 2.05) is 12.1 Å². The van der Waals surface area contributed by atoms with Crippen LogP contribution < -0.4 is 4.90 Å². The number of nitrogens with zero attached hydrogens (tertiary/aromatic N) is 2. The first-order valence-electron chi connectivity index (χ1n) is 8.04. The molecule has 0 unspecified atom stereocenters. The van der Waals surface area contributed by atoms with E-state index >= 15 is 0 Å². The van der Waals surface area contributed by atoms with Crippen LogP contribution in [0, 0.1) is 5.92 Å². The molecule has 1 aromatic rings. The highest BCUT2D eigenvalue weighted by Crippen LogP contribution is 2.26. The molecule has 1 aliphatic carbocycles. The van der Waals surface area contributed by atoms with E-state index < -0.39 is 0 Å². The lowest BCUT2D eigenvalue weighted by Crippen LogP contribution is -2.27. The van der Waals surface area contributed by atoms with E-state index in [1.54, 1.807) is 0 Å². The predicted octanol–water partition coefficient (Wildman–Crippen LogP) is 3.54. The number of anilines is 1. The molecule has 3 nitrogen and oxygen atoms in total. The Bertz CT molecular complexity index is 413. The maximum Gasteiger partial charge on any atom is 0.128 e. The molecule has 0 radical (unpaired) electrons. The summed E-state index contributed by atoms with van der Waals surface area (Å²) in [6.07, 6.45) is 8.94. The smallest absolute Gasteiger partial charge is 0.128 e. The maximum absolute atomic E-state index is 9.41. The Morgan fingerprint density at radius 1 is 1.25 bits per heavy atom. The van der Waals surface area contributed by atoms with Crippen LogP contribution in [0.1, 0.15) is 56.7 Å². The average molecular weight is 276 g/mol. The Hall–Kier alpha value is -1.09. The first kappa shape index (κ1) is 15.3. The summed E-state index contributed by atoms with van der Waals surface area (Å²) in [5.74, 6) is 1.83. The van der Waals surface area contributed by atoms with Gasteiger partial charge in [-0.15, -0.1) is 0 Å². The molecule has 0 atom stereocenters. The van der Waals surface area contributed by atoms with Crippen molar-refractivity contribution in [2.45, 2.75) is 58.5 Å². The molecule has 0 spiro atoms. The van der Waals surface area contributed by atoms with Gasteiger partial charge in [-0.05, 0) is 42.9 Å². The van der Waals surface area contributed by atoms with Crippen LogP contribution in [0.4, 0.5) is 5.82 Å². The van der Waals surface area contributed by atoms with Crippen molar-refractivity contribution in [2.24, 2.45) is 5.92 Å². The number of rotatable bonds is 6. The molecule has 1 aliphatic rings. The Balaban J connectivity index is 2.06. The quantitative estimate of drug-likeness (QED) is 0.863. The number of aliphatic hydroxyl groups is 1. The second kappa shape index (κ2) is 7.63. The van der Waals surface area contributed by atoms with Gasteiger partial charge in [0.2, 0.25) is 0 Å². The summed E-state index contributed by atoms with van der Waals surface area (Å²) in [5.41, 5.74) is 2.08. The third-order valence-electron chi connectivity index (χ3n) is 4.26. The number of aromatic nitrogens is 1. The summed E-state index contributed by atoms with van der Waals surface area (Å²) >= 11 is 0. The van der Waals surface area contributed by atoms with E-state index in [2.05, 4.69) is 18.9 Å². The summed E-state index contributed by atoms with van der Waals surface area (Å²) in [5, 5.41) is 9.41. The summed E-state index contributed by atoms with van der Waals surface area (Å²) < 4.78 is 0. The fourth-order valence-corrected chi connectivity index (χ4v) is 3.15. The topological polar surface area (TPSA) is 36.4 Å². The van der Waals surface area contributed by atoms with Crippen molar-refractivity contribution in [1.29, 1.82) is 0 Å². The highest BCUT2D eigenvalue weighted by atomic mass is 16.3. The van der Waals surface area contributed by atoms with Gasteiger partial charge in [0.15, 0.2) is 0 Å². The van der Waals surface area contributed by atoms with Gasteiger partial charge in [0.1, 0.15) is 5.82 Å². The van der Waals surface area contributed by atoms with Crippen LogP contribution in [-0.4, -0.2) is 23.7 Å². The lowest BCUT2D eigenvalue weighted by Gasteiger charge is -2.28. The van der Waals surface area contributed by atoms with Crippen molar-refractivity contribution in [3.8, 4) is 0 Å². The largest absolute Gasteiger partial charge is 0.392 e. The number of pyridine rings is 1. The fourth-order valence-electron chi connectivity index (χ4n) is 3.15. The Morgan fingerprint density at radius 2 is 2.00 bits per heavy atom. The number of aliphatic hydroxyl groups excluding tert-OH is 1. The van der Waals surface area contributed by atoms with Gasteiger partial charge in [0.25, 0.3) is 0 Å². The van der Waals surface area contributed by atoms with Gasteiger partial charge in [-0.3, -0.25) is 0 Å². The Morgan fingerprint density at radius 3 is 2.65 bits per heavy atom. The standard InChI is InChI=1S/C17H28N2O/c1-3-7-16-10-15(13-20)11-17(18-16)19(2)12-14-8-5-4-6-9-14/h10-11,14,20H,3-9,12-13H2,1-2H3. The van der Waals surface area contributed by atoms with Crippen LogP contribution in [0.3, 0.4) is 0 Å². The third-order valence-corrected chi connectivity index (χ3v) is 4.26. The maximum atomic E-state index is 9.41. The predicted molar refractivity (Wildman–Crippen MR) is 84.0 cm³/mol. The van der Waals surface area contributed by atoms with E-state index in [-0.39, 0.29) is 6.61 Å². The molecule has 1 fully saturated rings. The van der Waals surface area contributed by atoms with E-state index in [0.717, 1.165) is 42.4 Å². The number of aryl methyl sites for hydroxylation is 1. The molecule has 0 amide bonds. The van der Waals surface area contributed by atoms with Gasteiger partial charge in [0.05, 0.1) is 6.61 Å². The molecule has 0 bridgehead atoms. The van der Waals surface area contributed by atoms with Crippen molar-refractivity contribution >= 4 is 5.82 Å². The molecule has 20 heavy (non-hydrogen) atoms. The highest BCUT2D eigenvalue weighted by molar-refractivity contribution is 5.42. The second-order valence-corrected chi connectivity index (χ2v) is 6.12. The molecule has 0 aromatic carbocycles. The summed E-state index contributed by atoms with van der Waals surface area (Å²) in [7, 11) is 2.13. The van der Waals surface area contributed by atoms with E-state index in [0.29, 0.717) is 0 Å². The first-order chi connectivity index (χ1) is 9.72. The minimum absolute atomic E-state index is 0.101. The lowest BCUT2D eigenvalue weighted by atomic mass is 9.89.